The van der Waals surface area contributed by atoms with E-state index in [0.29, 0.717) is 19.1 Å². The summed E-state index contributed by atoms with van der Waals surface area (Å²) in [5, 5.41) is 0. The Bertz CT molecular complexity index is 666. The molecule has 0 aliphatic carbocycles. The zero-order chi connectivity index (χ0) is 17.4. The number of ether oxygens (including phenoxy) is 1. The summed E-state index contributed by atoms with van der Waals surface area (Å²) in [5.41, 5.74) is 4.00. The summed E-state index contributed by atoms with van der Waals surface area (Å²) >= 11 is 0. The Morgan fingerprint density at radius 1 is 1.25 bits per heavy atom. The Labute approximate surface area is 145 Å². The van der Waals surface area contributed by atoms with E-state index in [1.54, 1.807) is 0 Å². The molecule has 24 heavy (non-hydrogen) atoms. The molecule has 0 saturated carbocycles. The summed E-state index contributed by atoms with van der Waals surface area (Å²) in [6.07, 6.45) is 3.25. The lowest BCUT2D eigenvalue weighted by molar-refractivity contribution is -0.181. The zero-order valence-electron chi connectivity index (χ0n) is 14.8. The highest BCUT2D eigenvalue weighted by Gasteiger charge is 2.46. The molecule has 5 nitrogen and oxygen atoms in total. The van der Waals surface area contributed by atoms with Crippen molar-refractivity contribution >= 4 is 10.0 Å². The van der Waals surface area contributed by atoms with Crippen molar-refractivity contribution in [2.75, 3.05) is 32.5 Å². The lowest BCUT2D eigenvalue weighted by Gasteiger charge is -2.53. The van der Waals surface area contributed by atoms with Gasteiger partial charge in [0, 0.05) is 26.2 Å². The highest BCUT2D eigenvalue weighted by Crippen LogP contribution is 2.36. The number of hydrogen-bond donors (Lipinski definition) is 1. The normalized spacial score (nSPS) is 24.0. The summed E-state index contributed by atoms with van der Waals surface area (Å²) in [6.45, 7) is 8.36. The van der Waals surface area contributed by atoms with Crippen molar-refractivity contribution < 1.29 is 13.2 Å². The monoisotopic (exact) mass is 352 g/mol. The fraction of sp³-hybridized carbons (Fsp3) is 0.667. The molecule has 1 atom stereocenters. The molecule has 0 unspecified atom stereocenters. The van der Waals surface area contributed by atoms with Gasteiger partial charge in [-0.2, -0.15) is 0 Å². The van der Waals surface area contributed by atoms with E-state index >= 15 is 0 Å². The second kappa shape index (κ2) is 6.75. The van der Waals surface area contributed by atoms with Crippen LogP contribution in [-0.4, -0.2) is 51.4 Å². The van der Waals surface area contributed by atoms with E-state index in [1.165, 1.54) is 22.9 Å². The third kappa shape index (κ3) is 4.57. The van der Waals surface area contributed by atoms with E-state index in [2.05, 4.69) is 41.7 Å². The van der Waals surface area contributed by atoms with Crippen molar-refractivity contribution in [1.82, 2.24) is 9.62 Å². The van der Waals surface area contributed by atoms with Gasteiger partial charge in [0.2, 0.25) is 10.0 Å². The topological polar surface area (TPSA) is 58.6 Å². The largest absolute Gasteiger partial charge is 0.372 e. The third-order valence-electron chi connectivity index (χ3n) is 4.98. The average molecular weight is 353 g/mol. The molecule has 6 heteroatoms. The summed E-state index contributed by atoms with van der Waals surface area (Å²) in [6, 6.07) is 6.72. The van der Waals surface area contributed by atoms with Crippen LogP contribution in [0, 0.1) is 19.8 Å². The van der Waals surface area contributed by atoms with Gasteiger partial charge in [0.05, 0.1) is 18.5 Å². The zero-order valence-corrected chi connectivity index (χ0v) is 15.7. The van der Waals surface area contributed by atoms with E-state index in [-0.39, 0.29) is 5.60 Å². The molecule has 3 rings (SSSR count). The summed E-state index contributed by atoms with van der Waals surface area (Å²) in [5.74, 6) is 0.291. The standard InChI is InChI=1S/C18H28N2O3S/c1-14-6-15(2)8-17(7-14)10-20-12-18(13-20)5-4-16(11-23-18)9-19-24(3,21)22/h6-8,16,19H,4-5,9-13H2,1-3H3/t16-/m0/s1. The Hall–Kier alpha value is -0.950. The number of hydrogen-bond acceptors (Lipinski definition) is 4. The molecule has 2 aliphatic rings. The average Bonchev–Trinajstić information content (AvgIpc) is 2.43. The quantitative estimate of drug-likeness (QED) is 0.878. The minimum absolute atomic E-state index is 0.000456. The van der Waals surface area contributed by atoms with Crippen LogP contribution in [0.3, 0.4) is 0 Å². The van der Waals surface area contributed by atoms with Crippen LogP contribution >= 0.6 is 0 Å². The fourth-order valence-electron chi connectivity index (χ4n) is 3.90. The number of sulfonamides is 1. The number of likely N-dealkylation sites (tertiary alicyclic amines) is 1. The second-order valence-electron chi connectivity index (χ2n) is 7.66. The molecule has 0 amide bonds. The van der Waals surface area contributed by atoms with Gasteiger partial charge in [0.25, 0.3) is 0 Å². The predicted octanol–water partition coefficient (Wildman–Crippen LogP) is 1.83. The van der Waals surface area contributed by atoms with Crippen molar-refractivity contribution in [3.05, 3.63) is 34.9 Å². The van der Waals surface area contributed by atoms with Gasteiger partial charge in [-0.1, -0.05) is 29.3 Å². The maximum Gasteiger partial charge on any atom is 0.208 e. The summed E-state index contributed by atoms with van der Waals surface area (Å²) < 4.78 is 31.1. The molecule has 0 aromatic heterocycles. The maximum absolute atomic E-state index is 11.2. The lowest BCUT2D eigenvalue weighted by Crippen LogP contribution is -2.64. The number of nitrogens with zero attached hydrogens (tertiary/aromatic N) is 1. The van der Waals surface area contributed by atoms with Crippen LogP contribution in [0.4, 0.5) is 0 Å². The van der Waals surface area contributed by atoms with Crippen molar-refractivity contribution in [3.8, 4) is 0 Å². The third-order valence-corrected chi connectivity index (χ3v) is 5.67. The van der Waals surface area contributed by atoms with E-state index in [1.807, 2.05) is 0 Å². The molecule has 2 heterocycles. The van der Waals surface area contributed by atoms with Crippen LogP contribution in [-0.2, 0) is 21.3 Å². The summed E-state index contributed by atoms with van der Waals surface area (Å²) in [4.78, 5) is 2.43. The smallest absolute Gasteiger partial charge is 0.208 e. The van der Waals surface area contributed by atoms with Crippen molar-refractivity contribution in [2.45, 2.75) is 38.8 Å². The first-order valence-electron chi connectivity index (χ1n) is 8.61. The number of nitrogens with one attached hydrogen (secondary N) is 1. The first-order valence-corrected chi connectivity index (χ1v) is 10.5. The van der Waals surface area contributed by atoms with Crippen LogP contribution < -0.4 is 4.72 Å². The molecule has 1 spiro atoms. The molecule has 134 valence electrons. The summed E-state index contributed by atoms with van der Waals surface area (Å²) in [7, 11) is -3.11. The fourth-order valence-corrected chi connectivity index (χ4v) is 4.43. The SMILES string of the molecule is Cc1cc(C)cc(CN2CC3(CC[C@@H](CNS(C)(=O)=O)CO3)C2)c1. The molecule has 0 radical (unpaired) electrons. The van der Waals surface area contributed by atoms with Crippen molar-refractivity contribution in [2.24, 2.45) is 5.92 Å². The van der Waals surface area contributed by atoms with E-state index in [0.717, 1.165) is 32.5 Å². The minimum atomic E-state index is -3.11. The molecular formula is C18H28N2O3S. The molecule has 1 N–H and O–H groups in total. The second-order valence-corrected chi connectivity index (χ2v) is 9.49. The molecule has 2 saturated heterocycles. The number of benzene rings is 1. The van der Waals surface area contributed by atoms with Crippen molar-refractivity contribution in [3.63, 3.8) is 0 Å². The maximum atomic E-state index is 11.2. The first kappa shape index (κ1) is 17.9. The Balaban J connectivity index is 1.45. The molecule has 2 aliphatic heterocycles. The minimum Gasteiger partial charge on any atom is -0.372 e. The Morgan fingerprint density at radius 3 is 2.46 bits per heavy atom. The van der Waals surface area contributed by atoms with Crippen LogP contribution in [0.25, 0.3) is 0 Å². The first-order chi connectivity index (χ1) is 11.2. The van der Waals surface area contributed by atoms with Crippen molar-refractivity contribution in [1.29, 1.82) is 0 Å². The molecule has 2 fully saturated rings. The van der Waals surface area contributed by atoms with Crippen LogP contribution in [0.5, 0.6) is 0 Å². The van der Waals surface area contributed by atoms with E-state index < -0.39 is 10.0 Å². The van der Waals surface area contributed by atoms with Gasteiger partial charge in [-0.05, 0) is 38.2 Å². The van der Waals surface area contributed by atoms with Crippen LogP contribution in [0.15, 0.2) is 18.2 Å². The molecule has 0 bridgehead atoms. The molecule has 1 aromatic carbocycles. The van der Waals surface area contributed by atoms with Gasteiger partial charge >= 0.3 is 0 Å². The van der Waals surface area contributed by atoms with Gasteiger partial charge in [-0.3, -0.25) is 4.90 Å². The van der Waals surface area contributed by atoms with E-state index in [9.17, 15) is 8.42 Å². The van der Waals surface area contributed by atoms with E-state index in [4.69, 9.17) is 4.74 Å². The predicted molar refractivity (Wildman–Crippen MR) is 95.4 cm³/mol. The molecular weight excluding hydrogens is 324 g/mol. The highest BCUT2D eigenvalue weighted by molar-refractivity contribution is 7.88. The van der Waals surface area contributed by atoms with Gasteiger partial charge < -0.3 is 4.74 Å². The van der Waals surface area contributed by atoms with Gasteiger partial charge in [0.15, 0.2) is 0 Å². The lowest BCUT2D eigenvalue weighted by atomic mass is 9.82. The number of aryl methyl sites for hydroxylation is 2. The Kier molecular flexibility index (Phi) is 5.02. The highest BCUT2D eigenvalue weighted by atomic mass is 32.2. The van der Waals surface area contributed by atoms with Gasteiger partial charge in [-0.15, -0.1) is 0 Å². The Morgan fingerprint density at radius 2 is 1.92 bits per heavy atom. The van der Waals surface area contributed by atoms with Crippen LogP contribution in [0.2, 0.25) is 0 Å². The molecule has 1 aromatic rings. The number of rotatable bonds is 5. The van der Waals surface area contributed by atoms with Gasteiger partial charge in [0.1, 0.15) is 0 Å². The van der Waals surface area contributed by atoms with Gasteiger partial charge in [-0.25, -0.2) is 13.1 Å². The van der Waals surface area contributed by atoms with Crippen LogP contribution in [0.1, 0.15) is 29.5 Å².